The number of carbonyl (C=O) groups is 1. The number of rotatable bonds is 3. The van der Waals surface area contributed by atoms with Crippen LogP contribution < -0.4 is 5.32 Å². The largest absolute Gasteiger partial charge is 0.347 e. The highest BCUT2D eigenvalue weighted by Gasteiger charge is 2.27. The van der Waals surface area contributed by atoms with Crippen molar-refractivity contribution in [1.29, 1.82) is 5.26 Å². The van der Waals surface area contributed by atoms with E-state index in [1.165, 1.54) is 12.0 Å². The molecule has 6 nitrogen and oxygen atoms in total. The highest BCUT2D eigenvalue weighted by molar-refractivity contribution is 5.92. The fraction of sp³-hybridized carbons (Fsp3) is 0.421. The summed E-state index contributed by atoms with van der Waals surface area (Å²) in [4.78, 5) is 14.8. The summed E-state index contributed by atoms with van der Waals surface area (Å²) >= 11 is 0. The van der Waals surface area contributed by atoms with Crippen LogP contribution >= 0.6 is 0 Å². The van der Waals surface area contributed by atoms with Crippen LogP contribution in [0.15, 0.2) is 24.3 Å². The van der Waals surface area contributed by atoms with Crippen LogP contribution in [0.1, 0.15) is 51.8 Å². The van der Waals surface area contributed by atoms with E-state index in [-0.39, 0.29) is 11.9 Å². The Morgan fingerprint density at radius 1 is 1.36 bits per heavy atom. The third-order valence-electron chi connectivity index (χ3n) is 5.31. The molecule has 2 aliphatic rings. The van der Waals surface area contributed by atoms with Gasteiger partial charge in [0.15, 0.2) is 0 Å². The van der Waals surface area contributed by atoms with E-state index in [9.17, 15) is 4.79 Å². The number of carbonyl (C=O) groups excluding carboxylic acids is 1. The topological polar surface area (TPSA) is 84.8 Å². The SMILES string of the molecule is CN1CCCC1c1cc(C(=O)NC2Cc3ccc(C#N)cc3C2)n[nH]1. The molecule has 2 atom stereocenters. The van der Waals surface area contributed by atoms with Gasteiger partial charge >= 0.3 is 0 Å². The van der Waals surface area contributed by atoms with Crippen LogP contribution in [0.3, 0.4) is 0 Å². The molecule has 1 saturated heterocycles. The average Bonchev–Trinajstić information content (AvgIpc) is 3.32. The minimum atomic E-state index is -0.138. The van der Waals surface area contributed by atoms with Crippen molar-refractivity contribution in [2.75, 3.05) is 13.6 Å². The molecule has 4 rings (SSSR count). The van der Waals surface area contributed by atoms with E-state index in [0.717, 1.165) is 37.1 Å². The Hall–Kier alpha value is -2.65. The molecule has 2 aromatic rings. The lowest BCUT2D eigenvalue weighted by atomic mass is 10.1. The van der Waals surface area contributed by atoms with E-state index >= 15 is 0 Å². The van der Waals surface area contributed by atoms with E-state index in [1.54, 1.807) is 0 Å². The average molecular weight is 335 g/mol. The standard InChI is InChI=1S/C19H21N5O/c1-24-6-2-3-18(24)16-10-17(23-22-16)19(25)21-15-8-13-5-4-12(11-20)7-14(13)9-15/h4-5,7,10,15,18H,2-3,6,8-9H2,1H3,(H,21,25)(H,22,23). The predicted molar refractivity (Wildman–Crippen MR) is 93.0 cm³/mol. The van der Waals surface area contributed by atoms with Gasteiger partial charge in [0.2, 0.25) is 0 Å². The molecule has 2 N–H and O–H groups in total. The summed E-state index contributed by atoms with van der Waals surface area (Å²) in [5.41, 5.74) is 4.49. The zero-order valence-corrected chi connectivity index (χ0v) is 14.2. The number of hydrogen-bond donors (Lipinski definition) is 2. The van der Waals surface area contributed by atoms with Gasteiger partial charge in [0, 0.05) is 6.04 Å². The third-order valence-corrected chi connectivity index (χ3v) is 5.31. The predicted octanol–water partition coefficient (Wildman–Crippen LogP) is 1.95. The van der Waals surface area contributed by atoms with Gasteiger partial charge in [-0.3, -0.25) is 14.8 Å². The minimum absolute atomic E-state index is 0.0609. The van der Waals surface area contributed by atoms with Crippen molar-refractivity contribution < 1.29 is 4.79 Å². The molecule has 1 aromatic carbocycles. The van der Waals surface area contributed by atoms with Crippen LogP contribution in [0.4, 0.5) is 0 Å². The second-order valence-corrected chi connectivity index (χ2v) is 7.02. The molecule has 128 valence electrons. The first-order valence-corrected chi connectivity index (χ1v) is 8.72. The molecule has 0 bridgehead atoms. The first kappa shape index (κ1) is 15.9. The summed E-state index contributed by atoms with van der Waals surface area (Å²) < 4.78 is 0. The summed E-state index contributed by atoms with van der Waals surface area (Å²) in [7, 11) is 2.10. The maximum atomic E-state index is 12.5. The Morgan fingerprint density at radius 2 is 2.20 bits per heavy atom. The maximum Gasteiger partial charge on any atom is 0.272 e. The molecule has 1 fully saturated rings. The lowest BCUT2D eigenvalue weighted by Gasteiger charge is -2.17. The maximum absolute atomic E-state index is 12.5. The summed E-state index contributed by atoms with van der Waals surface area (Å²) in [5.74, 6) is -0.138. The zero-order chi connectivity index (χ0) is 17.4. The van der Waals surface area contributed by atoms with Crippen molar-refractivity contribution in [3.63, 3.8) is 0 Å². The van der Waals surface area contributed by atoms with Gasteiger partial charge in [0.25, 0.3) is 5.91 Å². The molecule has 25 heavy (non-hydrogen) atoms. The summed E-state index contributed by atoms with van der Waals surface area (Å²) in [6.07, 6.45) is 3.83. The number of likely N-dealkylation sites (tertiary alicyclic amines) is 1. The van der Waals surface area contributed by atoms with Crippen LogP contribution in [0.25, 0.3) is 0 Å². The van der Waals surface area contributed by atoms with Gasteiger partial charge in [-0.05, 0) is 68.6 Å². The number of aromatic nitrogens is 2. The van der Waals surface area contributed by atoms with Crippen LogP contribution in [0.5, 0.6) is 0 Å². The summed E-state index contributed by atoms with van der Waals surface area (Å²) in [6.45, 7) is 1.08. The highest BCUT2D eigenvalue weighted by Crippen LogP contribution is 2.29. The van der Waals surface area contributed by atoms with Crippen molar-refractivity contribution >= 4 is 5.91 Å². The monoisotopic (exact) mass is 335 g/mol. The summed E-state index contributed by atoms with van der Waals surface area (Å²) in [6, 6.07) is 10.2. The van der Waals surface area contributed by atoms with Crippen LogP contribution in [0.2, 0.25) is 0 Å². The molecule has 2 heterocycles. The fourth-order valence-corrected chi connectivity index (χ4v) is 3.98. The van der Waals surface area contributed by atoms with Crippen LogP contribution in [-0.4, -0.2) is 40.6 Å². The van der Waals surface area contributed by atoms with Crippen molar-refractivity contribution in [3.05, 3.63) is 52.3 Å². The Balaban J connectivity index is 1.42. The minimum Gasteiger partial charge on any atom is -0.347 e. The Kier molecular flexibility index (Phi) is 4.02. The molecule has 1 aliphatic heterocycles. The van der Waals surface area contributed by atoms with Crippen LogP contribution in [-0.2, 0) is 12.8 Å². The van der Waals surface area contributed by atoms with Crippen molar-refractivity contribution in [3.8, 4) is 6.07 Å². The van der Waals surface area contributed by atoms with E-state index in [4.69, 9.17) is 5.26 Å². The Labute approximate surface area is 146 Å². The Morgan fingerprint density at radius 3 is 2.96 bits per heavy atom. The van der Waals surface area contributed by atoms with E-state index in [0.29, 0.717) is 17.3 Å². The van der Waals surface area contributed by atoms with Gasteiger partial charge in [-0.1, -0.05) is 6.07 Å². The molecule has 6 heteroatoms. The number of amides is 1. The number of nitrogens with one attached hydrogen (secondary N) is 2. The molecule has 1 aliphatic carbocycles. The third kappa shape index (κ3) is 3.03. The van der Waals surface area contributed by atoms with Gasteiger partial charge in [-0.2, -0.15) is 10.4 Å². The first-order valence-electron chi connectivity index (χ1n) is 8.72. The molecular weight excluding hydrogens is 314 g/mol. The van der Waals surface area contributed by atoms with Gasteiger partial charge in [0.05, 0.1) is 23.4 Å². The number of H-pyrrole nitrogens is 1. The number of benzene rings is 1. The smallest absolute Gasteiger partial charge is 0.272 e. The van der Waals surface area contributed by atoms with Crippen LogP contribution in [0, 0.1) is 11.3 Å². The highest BCUT2D eigenvalue weighted by atomic mass is 16.2. The van der Waals surface area contributed by atoms with Crippen molar-refractivity contribution in [1.82, 2.24) is 20.4 Å². The number of nitriles is 1. The fourth-order valence-electron chi connectivity index (χ4n) is 3.98. The lowest BCUT2D eigenvalue weighted by molar-refractivity contribution is 0.0933. The van der Waals surface area contributed by atoms with E-state index in [2.05, 4.69) is 33.5 Å². The normalized spacial score (nSPS) is 22.6. The first-order chi connectivity index (χ1) is 12.1. The van der Waals surface area contributed by atoms with Gasteiger partial charge in [-0.15, -0.1) is 0 Å². The van der Waals surface area contributed by atoms with Crippen molar-refractivity contribution in [2.24, 2.45) is 0 Å². The zero-order valence-electron chi connectivity index (χ0n) is 14.2. The summed E-state index contributed by atoms with van der Waals surface area (Å²) in [5, 5.41) is 19.3. The van der Waals surface area contributed by atoms with Crippen molar-refractivity contribution in [2.45, 2.75) is 37.8 Å². The lowest BCUT2D eigenvalue weighted by Crippen LogP contribution is -2.35. The van der Waals surface area contributed by atoms with Gasteiger partial charge in [-0.25, -0.2) is 0 Å². The molecule has 0 spiro atoms. The number of hydrogen-bond acceptors (Lipinski definition) is 4. The molecule has 1 amide bonds. The molecule has 0 saturated carbocycles. The molecular formula is C19H21N5O. The second kappa shape index (κ2) is 6.34. The molecule has 1 aromatic heterocycles. The second-order valence-electron chi connectivity index (χ2n) is 7.02. The number of aromatic amines is 1. The number of nitrogens with zero attached hydrogens (tertiary/aromatic N) is 3. The van der Waals surface area contributed by atoms with Gasteiger partial charge in [0.1, 0.15) is 5.69 Å². The molecule has 2 unspecified atom stereocenters. The van der Waals surface area contributed by atoms with E-state index < -0.39 is 0 Å². The van der Waals surface area contributed by atoms with E-state index in [1.807, 2.05) is 24.3 Å². The Bertz CT molecular complexity index is 850. The molecule has 0 radical (unpaired) electrons. The number of fused-ring (bicyclic) bond motifs is 1. The quantitative estimate of drug-likeness (QED) is 0.898. The van der Waals surface area contributed by atoms with Gasteiger partial charge < -0.3 is 5.32 Å².